The highest BCUT2D eigenvalue weighted by atomic mass is 35.5. The lowest BCUT2D eigenvalue weighted by Gasteiger charge is -2.38. The molecule has 0 aliphatic carbocycles. The lowest BCUT2D eigenvalue weighted by molar-refractivity contribution is 0.497. The van der Waals surface area contributed by atoms with Crippen molar-refractivity contribution in [1.29, 1.82) is 0 Å². The third-order valence-corrected chi connectivity index (χ3v) is 5.48. The number of aliphatic imine (C=N–C) groups is 2. The number of nitrogens with two attached hydrogens (primary N) is 1. The van der Waals surface area contributed by atoms with Crippen molar-refractivity contribution in [3.8, 4) is 0 Å². The molecule has 2 aliphatic rings. The van der Waals surface area contributed by atoms with E-state index >= 15 is 0 Å². The number of anilines is 2. The number of hydrogen-bond donors (Lipinski definition) is 2. The van der Waals surface area contributed by atoms with Crippen LogP contribution in [0.4, 0.5) is 11.4 Å². The number of nitrogens with zero attached hydrogens (tertiary/aromatic N) is 4. The summed E-state index contributed by atoms with van der Waals surface area (Å²) in [5.41, 5.74) is 10.5. The third kappa shape index (κ3) is 4.60. The summed E-state index contributed by atoms with van der Waals surface area (Å²) in [5, 5.41) is 4.16. The number of aryl methyl sites for hydroxylation is 2. The number of rotatable bonds is 3. The molecular formula is C21H26Cl2N6. The number of halogens is 2. The molecule has 1 atom stereocenters. The van der Waals surface area contributed by atoms with Gasteiger partial charge >= 0.3 is 0 Å². The Hall–Kier alpha value is -2.44. The molecule has 6 nitrogen and oxygen atoms in total. The second-order valence-corrected chi connectivity index (χ2v) is 7.69. The minimum absolute atomic E-state index is 0. The smallest absolute Gasteiger partial charge is 0.222 e. The maximum absolute atomic E-state index is 6.10. The van der Waals surface area contributed by atoms with Crippen LogP contribution in [0.5, 0.6) is 0 Å². The summed E-state index contributed by atoms with van der Waals surface area (Å²) in [6, 6.07) is 14.0. The second kappa shape index (κ2) is 8.93. The van der Waals surface area contributed by atoms with Gasteiger partial charge in [0, 0.05) is 29.5 Å². The minimum atomic E-state index is -0.392. The van der Waals surface area contributed by atoms with Crippen LogP contribution in [0, 0.1) is 13.8 Å². The van der Waals surface area contributed by atoms with Crippen molar-refractivity contribution in [3.05, 3.63) is 58.6 Å². The molecule has 29 heavy (non-hydrogen) atoms. The Morgan fingerprint density at radius 3 is 2.38 bits per heavy atom. The molecule has 3 N–H and O–H groups in total. The molecule has 2 aromatic rings. The standard InChI is InChI=1S/C21H25ClN6.ClH/c1-14-5-10-18(13-15(14)2)28-20(24-17-8-6-16(22)7-9-17)25-19(23)26-21(28)27-11-3-4-12-27;/h5-10,13,20,24H,3-4,11-12H2,1-2H3,(H2,23,25);1H. The molecule has 1 unspecified atom stereocenters. The van der Waals surface area contributed by atoms with Crippen LogP contribution in [0.2, 0.25) is 5.02 Å². The van der Waals surface area contributed by atoms with Crippen LogP contribution in [0.15, 0.2) is 52.4 Å². The van der Waals surface area contributed by atoms with Crippen LogP contribution in [0.25, 0.3) is 0 Å². The Kier molecular flexibility index (Phi) is 6.55. The first kappa shape index (κ1) is 21.3. The number of hydrogen-bond acceptors (Lipinski definition) is 6. The van der Waals surface area contributed by atoms with Gasteiger partial charge in [-0.1, -0.05) is 17.7 Å². The van der Waals surface area contributed by atoms with Crippen LogP contribution in [-0.2, 0) is 0 Å². The maximum atomic E-state index is 6.10. The van der Waals surface area contributed by atoms with E-state index in [9.17, 15) is 0 Å². The van der Waals surface area contributed by atoms with E-state index in [2.05, 4.69) is 57.1 Å². The van der Waals surface area contributed by atoms with Gasteiger partial charge in [0.1, 0.15) is 0 Å². The van der Waals surface area contributed by atoms with Crippen molar-refractivity contribution in [3.63, 3.8) is 0 Å². The first-order chi connectivity index (χ1) is 13.5. The summed E-state index contributed by atoms with van der Waals surface area (Å²) in [4.78, 5) is 13.6. The van der Waals surface area contributed by atoms with Crippen LogP contribution >= 0.6 is 24.0 Å². The van der Waals surface area contributed by atoms with Crippen molar-refractivity contribution in [2.24, 2.45) is 15.7 Å². The quantitative estimate of drug-likeness (QED) is 0.755. The average molecular weight is 433 g/mol. The van der Waals surface area contributed by atoms with Crippen LogP contribution < -0.4 is 16.0 Å². The Labute approximate surface area is 182 Å². The van der Waals surface area contributed by atoms with Gasteiger partial charge in [0.15, 0.2) is 0 Å². The van der Waals surface area contributed by atoms with E-state index in [1.54, 1.807) is 0 Å². The molecule has 2 heterocycles. The predicted octanol–water partition coefficient (Wildman–Crippen LogP) is 4.36. The molecular weight excluding hydrogens is 407 g/mol. The SMILES string of the molecule is Cc1ccc(N2C(N3CCCC3)=NC(N)=NC2Nc2ccc(Cl)cc2)cc1C.Cl. The predicted molar refractivity (Wildman–Crippen MR) is 124 cm³/mol. The zero-order chi connectivity index (χ0) is 19.7. The molecule has 154 valence electrons. The molecule has 0 aromatic heterocycles. The van der Waals surface area contributed by atoms with Gasteiger partial charge in [-0.3, -0.25) is 4.90 Å². The zero-order valence-electron chi connectivity index (χ0n) is 16.6. The van der Waals surface area contributed by atoms with Crippen LogP contribution in [0.3, 0.4) is 0 Å². The number of benzene rings is 2. The van der Waals surface area contributed by atoms with E-state index in [4.69, 9.17) is 17.3 Å². The van der Waals surface area contributed by atoms with Crippen molar-refractivity contribution < 1.29 is 0 Å². The van der Waals surface area contributed by atoms with Crippen molar-refractivity contribution in [2.75, 3.05) is 23.3 Å². The summed E-state index contributed by atoms with van der Waals surface area (Å²) in [7, 11) is 0. The van der Waals surface area contributed by atoms with E-state index in [-0.39, 0.29) is 18.4 Å². The van der Waals surface area contributed by atoms with E-state index in [1.807, 2.05) is 24.3 Å². The van der Waals surface area contributed by atoms with Gasteiger partial charge in [-0.15, -0.1) is 12.4 Å². The average Bonchev–Trinajstić information content (AvgIpc) is 3.20. The fraction of sp³-hybridized carbons (Fsp3) is 0.333. The zero-order valence-corrected chi connectivity index (χ0v) is 18.2. The molecule has 4 rings (SSSR count). The molecule has 0 spiro atoms. The monoisotopic (exact) mass is 432 g/mol. The minimum Gasteiger partial charge on any atom is -0.368 e. The summed E-state index contributed by atoms with van der Waals surface area (Å²) in [6.45, 7) is 6.18. The molecule has 2 aromatic carbocycles. The van der Waals surface area contributed by atoms with E-state index in [1.165, 1.54) is 11.1 Å². The maximum Gasteiger partial charge on any atom is 0.222 e. The third-order valence-electron chi connectivity index (χ3n) is 5.23. The van der Waals surface area contributed by atoms with Crippen molar-refractivity contribution >= 4 is 47.3 Å². The van der Waals surface area contributed by atoms with Gasteiger partial charge in [0.2, 0.25) is 18.2 Å². The summed E-state index contributed by atoms with van der Waals surface area (Å²) in [6.07, 6.45) is 1.93. The van der Waals surface area contributed by atoms with E-state index in [0.29, 0.717) is 5.02 Å². The highest BCUT2D eigenvalue weighted by Crippen LogP contribution is 2.27. The molecule has 8 heteroatoms. The number of likely N-dealkylation sites (tertiary alicyclic amines) is 1. The molecule has 0 saturated carbocycles. The highest BCUT2D eigenvalue weighted by molar-refractivity contribution is 6.30. The van der Waals surface area contributed by atoms with E-state index < -0.39 is 6.29 Å². The van der Waals surface area contributed by atoms with Crippen molar-refractivity contribution in [2.45, 2.75) is 33.0 Å². The fourth-order valence-corrected chi connectivity index (χ4v) is 3.67. The largest absolute Gasteiger partial charge is 0.368 e. The lowest BCUT2D eigenvalue weighted by Crippen LogP contribution is -2.54. The van der Waals surface area contributed by atoms with Crippen LogP contribution in [0.1, 0.15) is 24.0 Å². The summed E-state index contributed by atoms with van der Waals surface area (Å²) < 4.78 is 0. The number of guanidine groups is 2. The Bertz CT molecular complexity index is 919. The Balaban J connectivity index is 0.00000240. The molecule has 1 fully saturated rings. The van der Waals surface area contributed by atoms with Gasteiger partial charge in [-0.2, -0.15) is 4.99 Å². The van der Waals surface area contributed by atoms with E-state index in [0.717, 1.165) is 43.3 Å². The molecule has 0 bridgehead atoms. The van der Waals surface area contributed by atoms with Gasteiger partial charge in [-0.25, -0.2) is 4.99 Å². The molecule has 1 saturated heterocycles. The normalized spacial score (nSPS) is 18.8. The second-order valence-electron chi connectivity index (χ2n) is 7.26. The highest BCUT2D eigenvalue weighted by Gasteiger charge is 2.32. The summed E-state index contributed by atoms with van der Waals surface area (Å²) in [5.74, 6) is 1.13. The molecule has 0 amide bonds. The Morgan fingerprint density at radius 2 is 1.72 bits per heavy atom. The van der Waals surface area contributed by atoms with Crippen LogP contribution in [-0.4, -0.2) is 36.2 Å². The topological polar surface area (TPSA) is 69.2 Å². The van der Waals surface area contributed by atoms with Gasteiger partial charge in [0.05, 0.1) is 0 Å². The lowest BCUT2D eigenvalue weighted by atomic mass is 10.1. The number of nitrogens with one attached hydrogen (secondary N) is 1. The van der Waals surface area contributed by atoms with Gasteiger partial charge in [-0.05, 0) is 74.2 Å². The van der Waals surface area contributed by atoms with Crippen molar-refractivity contribution in [1.82, 2.24) is 4.90 Å². The Morgan fingerprint density at radius 1 is 1.03 bits per heavy atom. The first-order valence-corrected chi connectivity index (χ1v) is 9.94. The fourth-order valence-electron chi connectivity index (χ4n) is 3.54. The molecule has 2 aliphatic heterocycles. The summed E-state index contributed by atoms with van der Waals surface area (Å²) >= 11 is 6.03. The van der Waals surface area contributed by atoms with Gasteiger partial charge in [0.25, 0.3) is 0 Å². The molecule has 0 radical (unpaired) electrons. The van der Waals surface area contributed by atoms with Gasteiger partial charge < -0.3 is 16.0 Å². The first-order valence-electron chi connectivity index (χ1n) is 9.57.